The van der Waals surface area contributed by atoms with Crippen molar-refractivity contribution in [2.45, 2.75) is 132 Å². The van der Waals surface area contributed by atoms with Crippen LogP contribution in [0.1, 0.15) is 52.4 Å². The van der Waals surface area contributed by atoms with E-state index < -0.39 is 92.3 Å². The predicted molar refractivity (Wildman–Crippen MR) is 127 cm³/mol. The number of rotatable bonds is 7. The van der Waals surface area contributed by atoms with Gasteiger partial charge < -0.3 is 59.1 Å². The summed E-state index contributed by atoms with van der Waals surface area (Å²) in [5.74, 6) is -1.13. The minimum Gasteiger partial charge on any atom is -0.479 e. The molecule has 0 radical (unpaired) electrons. The fraction of sp³-hybridized carbons (Fsp3) is 0.960. The summed E-state index contributed by atoms with van der Waals surface area (Å²) < 4.78 is 35.9. The lowest BCUT2D eigenvalue weighted by Crippen LogP contribution is -2.64. The molecule has 4 fully saturated rings. The monoisotopic (exact) mass is 550 g/mol. The fourth-order valence-electron chi connectivity index (χ4n) is 5.86. The number of aliphatic hydroxyl groups excluding tert-OH is 5. The molecule has 220 valence electrons. The summed E-state index contributed by atoms with van der Waals surface area (Å²) in [6.45, 7) is 3.24. The number of hydrogen-bond acceptors (Lipinski definition) is 12. The van der Waals surface area contributed by atoms with Gasteiger partial charge in [-0.05, 0) is 38.5 Å². The molecule has 14 atom stereocenters. The van der Waals surface area contributed by atoms with Crippen molar-refractivity contribution in [3.05, 3.63) is 0 Å². The molecule has 1 aliphatic carbocycles. The van der Waals surface area contributed by atoms with E-state index >= 15 is 0 Å². The van der Waals surface area contributed by atoms with Crippen molar-refractivity contribution in [3.63, 3.8) is 0 Å². The SMILES string of the molecule is CC[C@@H]1CCC[C@@H](O[C@@H]2OC(CO)[C@H](O)C3O[C@@H](C(=O)O)CCCOC32)C1O[C@@H]1OC(C)[C@@H](O)C(O)[C@@H]1O. The largest absolute Gasteiger partial charge is 0.479 e. The maximum absolute atomic E-state index is 11.7. The number of aliphatic hydroxyl groups is 5. The number of hydrogen-bond donors (Lipinski definition) is 6. The van der Waals surface area contributed by atoms with Gasteiger partial charge in [-0.15, -0.1) is 0 Å². The first-order chi connectivity index (χ1) is 18.2. The van der Waals surface area contributed by atoms with Gasteiger partial charge >= 0.3 is 5.97 Å². The van der Waals surface area contributed by atoms with Crippen molar-refractivity contribution in [1.29, 1.82) is 0 Å². The first-order valence-corrected chi connectivity index (χ1v) is 13.6. The Morgan fingerprint density at radius 2 is 1.63 bits per heavy atom. The second kappa shape index (κ2) is 13.1. The zero-order valence-corrected chi connectivity index (χ0v) is 21.8. The van der Waals surface area contributed by atoms with Gasteiger partial charge in [0, 0.05) is 6.61 Å². The molecule has 13 heteroatoms. The maximum Gasteiger partial charge on any atom is 0.332 e. The van der Waals surface area contributed by atoms with E-state index in [2.05, 4.69) is 0 Å². The summed E-state index contributed by atoms with van der Waals surface area (Å²) in [5.41, 5.74) is 0. The molecule has 3 aliphatic heterocycles. The van der Waals surface area contributed by atoms with Gasteiger partial charge in [-0.25, -0.2) is 4.79 Å². The molecule has 0 spiro atoms. The summed E-state index contributed by atoms with van der Waals surface area (Å²) in [6.07, 6.45) is -10.5. The number of ether oxygens (including phenoxy) is 6. The van der Waals surface area contributed by atoms with Crippen LogP contribution in [-0.4, -0.2) is 130 Å². The van der Waals surface area contributed by atoms with Crippen LogP contribution in [0.25, 0.3) is 0 Å². The molecule has 0 amide bonds. The molecule has 6 unspecified atom stereocenters. The van der Waals surface area contributed by atoms with Gasteiger partial charge in [-0.2, -0.15) is 0 Å². The normalized spacial score (nSPS) is 48.5. The highest BCUT2D eigenvalue weighted by atomic mass is 16.7. The Kier molecular flexibility index (Phi) is 10.4. The summed E-state index contributed by atoms with van der Waals surface area (Å²) >= 11 is 0. The minimum atomic E-state index is -1.47. The third-order valence-corrected chi connectivity index (χ3v) is 8.14. The van der Waals surface area contributed by atoms with Gasteiger partial charge in [0.1, 0.15) is 42.7 Å². The van der Waals surface area contributed by atoms with E-state index in [1.165, 1.54) is 0 Å². The maximum atomic E-state index is 11.7. The van der Waals surface area contributed by atoms with Crippen LogP contribution < -0.4 is 0 Å². The van der Waals surface area contributed by atoms with Crippen molar-refractivity contribution in [2.24, 2.45) is 5.92 Å². The average molecular weight is 551 g/mol. The van der Waals surface area contributed by atoms with Gasteiger partial charge in [0.25, 0.3) is 0 Å². The second-order valence-electron chi connectivity index (χ2n) is 10.7. The highest BCUT2D eigenvalue weighted by molar-refractivity contribution is 5.72. The molecule has 6 N–H and O–H groups in total. The lowest BCUT2D eigenvalue weighted by Gasteiger charge is -2.48. The van der Waals surface area contributed by atoms with E-state index in [0.717, 1.165) is 19.3 Å². The topological polar surface area (TPSA) is 194 Å². The Morgan fingerprint density at radius 1 is 0.868 bits per heavy atom. The number of carboxylic acids is 1. The summed E-state index contributed by atoms with van der Waals surface area (Å²) in [7, 11) is 0. The van der Waals surface area contributed by atoms with Crippen molar-refractivity contribution in [3.8, 4) is 0 Å². The van der Waals surface area contributed by atoms with Crippen LogP contribution in [0.2, 0.25) is 0 Å². The van der Waals surface area contributed by atoms with Gasteiger partial charge in [0.15, 0.2) is 18.7 Å². The number of carbonyl (C=O) groups is 1. The summed E-state index contributed by atoms with van der Waals surface area (Å²) in [5, 5.41) is 61.1. The van der Waals surface area contributed by atoms with Gasteiger partial charge in [-0.1, -0.05) is 19.8 Å². The smallest absolute Gasteiger partial charge is 0.332 e. The third kappa shape index (κ3) is 6.33. The highest BCUT2D eigenvalue weighted by Crippen LogP contribution is 2.37. The fourth-order valence-corrected chi connectivity index (χ4v) is 5.86. The van der Waals surface area contributed by atoms with E-state index in [0.29, 0.717) is 12.8 Å². The number of fused-ring (bicyclic) bond motifs is 1. The second-order valence-corrected chi connectivity index (χ2v) is 10.7. The van der Waals surface area contributed by atoms with Crippen molar-refractivity contribution in [1.82, 2.24) is 0 Å². The molecular weight excluding hydrogens is 508 g/mol. The van der Waals surface area contributed by atoms with Gasteiger partial charge in [-0.3, -0.25) is 0 Å². The van der Waals surface area contributed by atoms with E-state index in [4.69, 9.17) is 28.4 Å². The lowest BCUT2D eigenvalue weighted by molar-refractivity contribution is -0.355. The van der Waals surface area contributed by atoms with Crippen LogP contribution >= 0.6 is 0 Å². The molecule has 0 aromatic carbocycles. The van der Waals surface area contributed by atoms with Gasteiger partial charge in [0.05, 0.1) is 24.9 Å². The molecular formula is C25H42O13. The van der Waals surface area contributed by atoms with Crippen molar-refractivity contribution < 1.29 is 63.9 Å². The molecule has 0 aromatic rings. The van der Waals surface area contributed by atoms with E-state index in [-0.39, 0.29) is 18.9 Å². The standard InChI is InChI=1S/C25H42O13/c1-3-12-6-4-7-13(20(12)38-24-19(30)18(29)16(27)11(2)34-24)36-25-22-21(17(28)15(10-26)37-25)35-14(23(31)32)8-5-9-33-22/h11-22,24-30H,3-10H2,1-2H3,(H,31,32)/t11?,12-,13-,14-,15?,16-,17+,18?,19+,20?,21?,22?,24+,25-/m1/s1. The highest BCUT2D eigenvalue weighted by Gasteiger charge is 2.52. The Balaban J connectivity index is 1.54. The Hall–Kier alpha value is -0.970. The van der Waals surface area contributed by atoms with Gasteiger partial charge in [0.2, 0.25) is 0 Å². The zero-order chi connectivity index (χ0) is 27.6. The quantitative estimate of drug-likeness (QED) is 0.224. The van der Waals surface area contributed by atoms with Crippen LogP contribution in [0.15, 0.2) is 0 Å². The molecule has 3 heterocycles. The molecule has 0 bridgehead atoms. The summed E-state index contributed by atoms with van der Waals surface area (Å²) in [4.78, 5) is 11.7. The first-order valence-electron chi connectivity index (χ1n) is 13.6. The molecule has 3 saturated heterocycles. The average Bonchev–Trinajstić information content (AvgIpc) is 2.88. The van der Waals surface area contributed by atoms with Crippen molar-refractivity contribution >= 4 is 5.97 Å². The third-order valence-electron chi connectivity index (χ3n) is 8.14. The summed E-state index contributed by atoms with van der Waals surface area (Å²) in [6, 6.07) is 0. The molecule has 4 aliphatic rings. The number of carboxylic acid groups (broad SMARTS) is 1. The molecule has 13 nitrogen and oxygen atoms in total. The Labute approximate surface area is 221 Å². The zero-order valence-electron chi connectivity index (χ0n) is 21.8. The predicted octanol–water partition coefficient (Wildman–Crippen LogP) is -1.11. The molecule has 1 saturated carbocycles. The first kappa shape index (κ1) is 30.0. The molecule has 4 rings (SSSR count). The van der Waals surface area contributed by atoms with Crippen LogP contribution in [0, 0.1) is 5.92 Å². The lowest BCUT2D eigenvalue weighted by atomic mass is 9.82. The van der Waals surface area contributed by atoms with E-state index in [1.807, 2.05) is 6.92 Å². The molecule has 0 aromatic heterocycles. The van der Waals surface area contributed by atoms with Crippen molar-refractivity contribution in [2.75, 3.05) is 13.2 Å². The Morgan fingerprint density at radius 3 is 2.32 bits per heavy atom. The number of aliphatic carboxylic acids is 1. The van der Waals surface area contributed by atoms with E-state index in [9.17, 15) is 35.4 Å². The van der Waals surface area contributed by atoms with Crippen LogP contribution in [0.3, 0.4) is 0 Å². The van der Waals surface area contributed by atoms with E-state index in [1.54, 1.807) is 6.92 Å². The minimum absolute atomic E-state index is 0.0216. The van der Waals surface area contributed by atoms with Crippen LogP contribution in [0.4, 0.5) is 0 Å². The van der Waals surface area contributed by atoms with Crippen LogP contribution in [0.5, 0.6) is 0 Å². The Bertz CT molecular complexity index is 770. The van der Waals surface area contributed by atoms with Crippen LogP contribution in [-0.2, 0) is 33.2 Å². The molecule has 38 heavy (non-hydrogen) atoms.